The van der Waals surface area contributed by atoms with Crippen LogP contribution >= 0.6 is 114 Å². The van der Waals surface area contributed by atoms with E-state index in [1.54, 1.807) is 45.5 Å². The number of rotatable bonds is 8. The van der Waals surface area contributed by atoms with E-state index in [0.717, 1.165) is 23.0 Å². The fourth-order valence-corrected chi connectivity index (χ4v) is 44.7. The van der Waals surface area contributed by atoms with Gasteiger partial charge in [-0.25, -0.2) is 0 Å². The molecule has 0 aromatic heterocycles. The van der Waals surface area contributed by atoms with Gasteiger partial charge in [0.2, 0.25) is 0 Å². The van der Waals surface area contributed by atoms with Crippen LogP contribution in [0.15, 0.2) is 18.1 Å². The van der Waals surface area contributed by atoms with Crippen LogP contribution in [-0.4, -0.2) is 23.0 Å². The second-order valence-electron chi connectivity index (χ2n) is 3.92. The molecule has 0 bridgehead atoms. The third-order valence-corrected chi connectivity index (χ3v) is 32.6. The summed E-state index contributed by atoms with van der Waals surface area (Å²) in [6.45, 7) is 8.18. The van der Waals surface area contributed by atoms with Gasteiger partial charge >= 0.3 is 0 Å². The predicted molar refractivity (Wildman–Crippen MR) is 133 cm³/mol. The maximum Gasteiger partial charge on any atom is 0.256 e. The van der Waals surface area contributed by atoms with Crippen molar-refractivity contribution < 1.29 is 0 Å². The van der Waals surface area contributed by atoms with Gasteiger partial charge in [-0.1, -0.05) is 73.2 Å². The quantitative estimate of drug-likeness (QED) is 0.274. The number of halogens is 4. The Morgan fingerprint density at radius 3 is 1.00 bits per heavy atom. The number of nitrogens with zero attached hydrogens (tertiary/aromatic N) is 4. The minimum absolute atomic E-state index is 0.822. The van der Waals surface area contributed by atoms with Gasteiger partial charge in [0.25, 0.3) is 11.8 Å². The van der Waals surface area contributed by atoms with Crippen LogP contribution in [0.2, 0.25) is 0 Å². The van der Waals surface area contributed by atoms with Crippen LogP contribution in [0.25, 0.3) is 0 Å². The first-order chi connectivity index (χ1) is 11.1. The van der Waals surface area contributed by atoms with Crippen LogP contribution in [0.3, 0.4) is 0 Å². The third-order valence-electron chi connectivity index (χ3n) is 2.07. The van der Waals surface area contributed by atoms with Crippen molar-refractivity contribution in [1.29, 1.82) is 0 Å². The van der Waals surface area contributed by atoms with Crippen molar-refractivity contribution in [2.24, 2.45) is 18.1 Å². The molecule has 144 valence electrons. The highest BCUT2D eigenvalue weighted by Gasteiger charge is 2.35. The fraction of sp³-hybridized carbons (Fsp3) is 1.00. The molecular formula is C8H20Cl4N4P4S4. The first-order valence-electron chi connectivity index (χ1n) is 6.99. The lowest BCUT2D eigenvalue weighted by Crippen LogP contribution is -1.77. The Labute approximate surface area is 180 Å². The average Bonchev–Trinajstić information content (AvgIpc) is 2.35. The second-order valence-corrected chi connectivity index (χ2v) is 31.2. The third kappa shape index (κ3) is 8.08. The monoisotopic (exact) mass is 564 g/mol. The molecule has 0 spiro atoms. The molecule has 0 N–H and O–H groups in total. The Hall–Kier alpha value is 3.48. The van der Waals surface area contributed by atoms with Crippen molar-refractivity contribution in [3.63, 3.8) is 0 Å². The Kier molecular flexibility index (Phi) is 11.7. The molecule has 4 nitrogen and oxygen atoms in total. The Balaban J connectivity index is 3.76. The molecule has 0 atom stereocenters. The van der Waals surface area contributed by atoms with Crippen LogP contribution in [0.5, 0.6) is 0 Å². The Bertz CT molecular complexity index is 584. The predicted octanol–water partition coefficient (Wildman–Crippen LogP) is 11.8. The molecule has 0 saturated carbocycles. The number of hydrogen-bond donors (Lipinski definition) is 0. The maximum absolute atomic E-state index is 6.61. The van der Waals surface area contributed by atoms with E-state index in [1.165, 1.54) is 0 Å². The topological polar surface area (TPSA) is 49.4 Å². The SMILES string of the molecule is CCSP1(SCC)=NP(Cl)(Cl)=NP(SCC)(SCC)=NP(Cl)(Cl)=N1. The molecule has 24 heavy (non-hydrogen) atoms. The molecular weight excluding hydrogens is 546 g/mol. The summed E-state index contributed by atoms with van der Waals surface area (Å²) >= 11 is 32.9. The van der Waals surface area contributed by atoms with Crippen molar-refractivity contribution in [3.8, 4) is 0 Å². The van der Waals surface area contributed by atoms with Crippen LogP contribution in [0.1, 0.15) is 27.7 Å². The highest BCUT2D eigenvalue weighted by atomic mass is 35.9. The highest BCUT2D eigenvalue weighted by Crippen LogP contribution is 2.93. The molecule has 1 aliphatic heterocycles. The zero-order valence-electron chi connectivity index (χ0n) is 13.6. The van der Waals surface area contributed by atoms with E-state index >= 15 is 0 Å². The molecule has 0 unspecified atom stereocenters. The Morgan fingerprint density at radius 1 is 0.542 bits per heavy atom. The van der Waals surface area contributed by atoms with Crippen molar-refractivity contribution in [2.45, 2.75) is 27.7 Å². The molecule has 1 rings (SSSR count). The average molecular weight is 566 g/mol. The van der Waals surface area contributed by atoms with Crippen LogP contribution in [0.4, 0.5) is 0 Å². The lowest BCUT2D eigenvalue weighted by molar-refractivity contribution is 1.53. The van der Waals surface area contributed by atoms with E-state index in [9.17, 15) is 0 Å². The van der Waals surface area contributed by atoms with Gasteiger partial charge in [0.15, 0.2) is 11.2 Å². The largest absolute Gasteiger partial charge is 0.256 e. The van der Waals surface area contributed by atoms with Crippen LogP contribution in [0, 0.1) is 0 Å². The van der Waals surface area contributed by atoms with Gasteiger partial charge in [-0.05, 0) is 68.0 Å². The van der Waals surface area contributed by atoms with Gasteiger partial charge < -0.3 is 0 Å². The molecule has 1 heterocycles. The van der Waals surface area contributed by atoms with Gasteiger partial charge in [-0.2, -0.15) is 18.1 Å². The first-order valence-corrected chi connectivity index (χ1v) is 23.8. The zero-order chi connectivity index (χ0) is 18.5. The normalized spacial score (nSPS) is 23.7. The highest BCUT2D eigenvalue weighted by molar-refractivity contribution is 8.93. The summed E-state index contributed by atoms with van der Waals surface area (Å²) in [6.07, 6.45) is 0. The van der Waals surface area contributed by atoms with Gasteiger partial charge in [0.1, 0.15) is 0 Å². The van der Waals surface area contributed by atoms with Gasteiger partial charge in [-0.15, -0.1) is 0 Å². The molecule has 0 saturated heterocycles. The summed E-state index contributed by atoms with van der Waals surface area (Å²) in [4.78, 5) is 0. The van der Waals surface area contributed by atoms with Gasteiger partial charge in [0, 0.05) is 0 Å². The molecule has 0 fully saturated rings. The summed E-state index contributed by atoms with van der Waals surface area (Å²) in [7, 11) is 0. The molecule has 0 aromatic rings. The minimum atomic E-state index is -2.90. The summed E-state index contributed by atoms with van der Waals surface area (Å²) in [6, 6.07) is 0. The summed E-state index contributed by atoms with van der Waals surface area (Å²) in [5.74, 6) is -2.52. The van der Waals surface area contributed by atoms with E-state index in [2.05, 4.69) is 0 Å². The van der Waals surface area contributed by atoms with E-state index in [4.69, 9.17) is 63.0 Å². The fourth-order valence-electron chi connectivity index (χ4n) is 1.57. The van der Waals surface area contributed by atoms with E-state index in [0.29, 0.717) is 0 Å². The van der Waals surface area contributed by atoms with E-state index in [-0.39, 0.29) is 0 Å². The van der Waals surface area contributed by atoms with Crippen molar-refractivity contribution in [1.82, 2.24) is 0 Å². The maximum atomic E-state index is 6.61. The lowest BCUT2D eigenvalue weighted by Gasteiger charge is -2.27. The van der Waals surface area contributed by atoms with Gasteiger partial charge in [0.05, 0.1) is 0 Å². The van der Waals surface area contributed by atoms with Crippen molar-refractivity contribution in [2.75, 3.05) is 23.0 Å². The molecule has 0 radical (unpaired) electrons. The summed E-state index contributed by atoms with van der Waals surface area (Å²) in [5.41, 5.74) is -4.67. The zero-order valence-corrected chi connectivity index (χ0v) is 23.4. The van der Waals surface area contributed by atoms with Crippen molar-refractivity contribution in [3.05, 3.63) is 0 Å². The van der Waals surface area contributed by atoms with Crippen LogP contribution in [-0.2, 0) is 0 Å². The molecule has 0 amide bonds. The summed E-state index contributed by atoms with van der Waals surface area (Å²) in [5, 5.41) is 0. The summed E-state index contributed by atoms with van der Waals surface area (Å²) < 4.78 is 19.1. The first kappa shape index (κ1) is 25.5. The van der Waals surface area contributed by atoms with Gasteiger partial charge in [-0.3, -0.25) is 0 Å². The molecule has 16 heteroatoms. The van der Waals surface area contributed by atoms with E-state index < -0.39 is 23.0 Å². The Morgan fingerprint density at radius 2 is 0.792 bits per heavy atom. The smallest absolute Gasteiger partial charge is 0.193 e. The second kappa shape index (κ2) is 11.0. The van der Waals surface area contributed by atoms with Crippen molar-refractivity contribution >= 4 is 114 Å². The van der Waals surface area contributed by atoms with Crippen LogP contribution < -0.4 is 0 Å². The standard InChI is InChI=1S/C8H20Cl4N4P4S4/c1-5-21-19(22-6-2)13-17(9,10)15-20(23-7-3,24-8-4)16-18(11,12)14-19/h5-8H2,1-4H3. The lowest BCUT2D eigenvalue weighted by atomic mass is 11.0. The molecule has 1 aliphatic rings. The molecule has 0 aromatic carbocycles. The minimum Gasteiger partial charge on any atom is -0.193 e. The number of hydrogen-bond acceptors (Lipinski definition) is 8. The molecule has 0 aliphatic carbocycles. The van der Waals surface area contributed by atoms with E-state index in [1.807, 2.05) is 27.7 Å².